The average molecular weight is 269 g/mol. The van der Waals surface area contributed by atoms with Crippen molar-refractivity contribution in [3.63, 3.8) is 0 Å². The van der Waals surface area contributed by atoms with Crippen LogP contribution in [0.2, 0.25) is 0 Å². The number of carboxylic acid groups (broad SMARTS) is 1. The molecule has 5 nitrogen and oxygen atoms in total. The second-order valence-corrected chi connectivity index (χ2v) is 4.26. The zero-order valence-corrected chi connectivity index (χ0v) is 9.81. The van der Waals surface area contributed by atoms with Crippen molar-refractivity contribution >= 4 is 23.5 Å². The lowest BCUT2D eigenvalue weighted by molar-refractivity contribution is -0.122. The van der Waals surface area contributed by atoms with Crippen LogP contribution in [-0.4, -0.2) is 22.9 Å². The first kappa shape index (κ1) is 13.1. The van der Waals surface area contributed by atoms with Gasteiger partial charge in [0.25, 0.3) is 0 Å². The molecular weight excluding hydrogens is 260 g/mol. The fourth-order valence-corrected chi connectivity index (χ4v) is 1.93. The van der Waals surface area contributed by atoms with Gasteiger partial charge in [-0.05, 0) is 6.07 Å². The molecule has 1 fully saturated rings. The quantitative estimate of drug-likeness (QED) is 0.827. The lowest BCUT2D eigenvalue weighted by Crippen LogP contribution is -2.31. The summed E-state index contributed by atoms with van der Waals surface area (Å²) in [6.45, 7) is 1.50. The molecule has 1 saturated heterocycles. The van der Waals surface area contributed by atoms with E-state index in [-0.39, 0.29) is 6.42 Å². The first-order valence-corrected chi connectivity index (χ1v) is 5.42. The van der Waals surface area contributed by atoms with E-state index in [1.165, 1.54) is 6.92 Å². The largest absolute Gasteiger partial charge is 0.478 e. The number of halogens is 2. The zero-order chi connectivity index (χ0) is 14.3. The molecule has 1 N–H and O–H groups in total. The van der Waals surface area contributed by atoms with Crippen LogP contribution in [0.4, 0.5) is 14.5 Å². The second-order valence-electron chi connectivity index (χ2n) is 4.26. The van der Waals surface area contributed by atoms with E-state index in [1.54, 1.807) is 0 Å². The summed E-state index contributed by atoms with van der Waals surface area (Å²) in [6, 6.07) is 1.00. The fourth-order valence-electron chi connectivity index (χ4n) is 1.93. The van der Waals surface area contributed by atoms with E-state index in [2.05, 4.69) is 0 Å². The molecule has 0 radical (unpaired) electrons. The minimum atomic E-state index is -1.55. The third kappa shape index (κ3) is 2.07. The molecule has 0 saturated carbocycles. The molecule has 1 aromatic rings. The molecule has 0 aromatic heterocycles. The minimum absolute atomic E-state index is 0.0864. The second kappa shape index (κ2) is 4.42. The van der Waals surface area contributed by atoms with Crippen molar-refractivity contribution in [1.82, 2.24) is 0 Å². The molecule has 100 valence electrons. The summed E-state index contributed by atoms with van der Waals surface area (Å²) >= 11 is 0. The van der Waals surface area contributed by atoms with Gasteiger partial charge in [-0.3, -0.25) is 9.59 Å². The predicted octanol–water partition coefficient (Wildman–Crippen LogP) is 1.56. The van der Waals surface area contributed by atoms with Gasteiger partial charge in [0.15, 0.2) is 11.6 Å². The maximum absolute atomic E-state index is 13.2. The van der Waals surface area contributed by atoms with Crippen LogP contribution in [0.3, 0.4) is 0 Å². The number of hydrogen-bond acceptors (Lipinski definition) is 3. The van der Waals surface area contributed by atoms with Gasteiger partial charge in [-0.1, -0.05) is 6.92 Å². The van der Waals surface area contributed by atoms with E-state index in [0.717, 1.165) is 0 Å². The number of aromatic carboxylic acids is 1. The third-order valence-corrected chi connectivity index (χ3v) is 2.88. The Kier molecular flexibility index (Phi) is 3.05. The molecule has 1 heterocycles. The van der Waals surface area contributed by atoms with Gasteiger partial charge in [-0.2, -0.15) is 0 Å². The summed E-state index contributed by atoms with van der Waals surface area (Å²) in [7, 11) is 0. The van der Waals surface area contributed by atoms with Crippen LogP contribution in [0.5, 0.6) is 0 Å². The molecule has 19 heavy (non-hydrogen) atoms. The van der Waals surface area contributed by atoms with Crippen LogP contribution in [0.25, 0.3) is 0 Å². The molecule has 7 heteroatoms. The van der Waals surface area contributed by atoms with Gasteiger partial charge >= 0.3 is 5.97 Å². The van der Waals surface area contributed by atoms with E-state index in [0.29, 0.717) is 17.0 Å². The first-order valence-electron chi connectivity index (χ1n) is 5.42. The highest BCUT2D eigenvalue weighted by Gasteiger charge is 2.38. The number of imide groups is 1. The summed E-state index contributed by atoms with van der Waals surface area (Å²) in [5.41, 5.74) is -1.07. The molecule has 1 aromatic carbocycles. The summed E-state index contributed by atoms with van der Waals surface area (Å²) in [5.74, 6) is -6.09. The van der Waals surface area contributed by atoms with Crippen LogP contribution in [0.15, 0.2) is 12.1 Å². The van der Waals surface area contributed by atoms with E-state index in [4.69, 9.17) is 5.11 Å². The smallest absolute Gasteiger partial charge is 0.337 e. The molecule has 0 aliphatic carbocycles. The monoisotopic (exact) mass is 269 g/mol. The van der Waals surface area contributed by atoms with Gasteiger partial charge in [0, 0.05) is 18.4 Å². The Hall–Kier alpha value is -2.31. The van der Waals surface area contributed by atoms with Gasteiger partial charge in [0.05, 0.1) is 11.3 Å². The van der Waals surface area contributed by atoms with Crippen LogP contribution in [-0.2, 0) is 9.59 Å². The Morgan fingerprint density at radius 1 is 1.32 bits per heavy atom. The average Bonchev–Trinajstić information content (AvgIpc) is 2.56. The minimum Gasteiger partial charge on any atom is -0.478 e. The molecule has 2 rings (SSSR count). The van der Waals surface area contributed by atoms with Crippen molar-refractivity contribution in [1.29, 1.82) is 0 Å². The van der Waals surface area contributed by atoms with Crippen molar-refractivity contribution < 1.29 is 28.3 Å². The Morgan fingerprint density at radius 2 is 1.89 bits per heavy atom. The molecule has 2 amide bonds. The maximum Gasteiger partial charge on any atom is 0.337 e. The third-order valence-electron chi connectivity index (χ3n) is 2.88. The Balaban J connectivity index is 2.62. The highest BCUT2D eigenvalue weighted by molar-refractivity contribution is 6.22. The number of carbonyl (C=O) groups excluding carboxylic acids is 2. The summed E-state index contributed by atoms with van der Waals surface area (Å²) < 4.78 is 26.3. The Labute approximate surface area is 106 Å². The van der Waals surface area contributed by atoms with Gasteiger partial charge in [0.2, 0.25) is 11.8 Å². The van der Waals surface area contributed by atoms with Crippen LogP contribution in [0, 0.1) is 17.6 Å². The molecule has 1 aliphatic rings. The van der Waals surface area contributed by atoms with Crippen molar-refractivity contribution in [3.05, 3.63) is 29.3 Å². The Morgan fingerprint density at radius 3 is 2.37 bits per heavy atom. The van der Waals surface area contributed by atoms with Crippen molar-refractivity contribution in [3.8, 4) is 0 Å². The number of benzene rings is 1. The van der Waals surface area contributed by atoms with Crippen LogP contribution >= 0.6 is 0 Å². The summed E-state index contributed by atoms with van der Waals surface area (Å²) in [5, 5.41) is 8.94. The van der Waals surface area contributed by atoms with Crippen molar-refractivity contribution in [2.75, 3.05) is 4.90 Å². The highest BCUT2D eigenvalue weighted by atomic mass is 19.2. The predicted molar refractivity (Wildman–Crippen MR) is 59.6 cm³/mol. The van der Waals surface area contributed by atoms with E-state index < -0.39 is 46.6 Å². The first-order chi connectivity index (χ1) is 8.82. The van der Waals surface area contributed by atoms with Gasteiger partial charge in [-0.15, -0.1) is 0 Å². The number of anilines is 1. The van der Waals surface area contributed by atoms with E-state index in [9.17, 15) is 23.2 Å². The summed E-state index contributed by atoms with van der Waals surface area (Å²) in [4.78, 5) is 35.0. The van der Waals surface area contributed by atoms with Crippen molar-refractivity contribution in [2.45, 2.75) is 13.3 Å². The topological polar surface area (TPSA) is 74.7 Å². The van der Waals surface area contributed by atoms with Gasteiger partial charge < -0.3 is 5.11 Å². The zero-order valence-electron chi connectivity index (χ0n) is 9.81. The number of hydrogen-bond donors (Lipinski definition) is 1. The number of carboxylic acids is 1. The lowest BCUT2D eigenvalue weighted by Gasteiger charge is -2.17. The van der Waals surface area contributed by atoms with Gasteiger partial charge in [-0.25, -0.2) is 18.5 Å². The number of rotatable bonds is 2. The Bertz CT molecular complexity index is 600. The normalized spacial score (nSPS) is 19.1. The molecule has 0 spiro atoms. The maximum atomic E-state index is 13.2. The summed E-state index contributed by atoms with van der Waals surface area (Å²) in [6.07, 6.45) is -0.0864. The SMILES string of the molecule is CC1CC(=O)N(c2cc(F)c(F)cc2C(=O)O)C1=O. The highest BCUT2D eigenvalue weighted by Crippen LogP contribution is 2.30. The molecule has 1 aliphatic heterocycles. The van der Waals surface area contributed by atoms with Crippen LogP contribution in [0.1, 0.15) is 23.7 Å². The number of amides is 2. The standard InChI is InChI=1S/C12H9F2NO4/c1-5-2-10(16)15(11(5)17)9-4-8(14)7(13)3-6(9)12(18)19/h3-5H,2H2,1H3,(H,18,19). The molecule has 0 bridgehead atoms. The lowest BCUT2D eigenvalue weighted by atomic mass is 10.1. The fraction of sp³-hybridized carbons (Fsp3) is 0.250. The van der Waals surface area contributed by atoms with Crippen LogP contribution < -0.4 is 4.90 Å². The van der Waals surface area contributed by atoms with Gasteiger partial charge in [0.1, 0.15) is 0 Å². The van der Waals surface area contributed by atoms with Crippen molar-refractivity contribution in [2.24, 2.45) is 5.92 Å². The molecule has 1 atom stereocenters. The molecular formula is C12H9F2NO4. The van der Waals surface area contributed by atoms with E-state index >= 15 is 0 Å². The number of nitrogens with zero attached hydrogens (tertiary/aromatic N) is 1. The van der Waals surface area contributed by atoms with E-state index in [1.807, 2.05) is 0 Å². The molecule has 1 unspecified atom stereocenters. The number of carbonyl (C=O) groups is 3.